The highest BCUT2D eigenvalue weighted by Gasteiger charge is 1.97. The molecule has 0 unspecified atom stereocenters. The van der Waals surface area contributed by atoms with E-state index in [0.29, 0.717) is 0 Å². The molecule has 2 rings (SSSR count). The number of benzene rings is 1. The number of aromatic nitrogens is 1. The molecule has 0 aliphatic carbocycles. The summed E-state index contributed by atoms with van der Waals surface area (Å²) in [6.07, 6.45) is 1.86. The molecule has 2 heteroatoms. The molecule has 0 radical (unpaired) electrons. The van der Waals surface area contributed by atoms with Gasteiger partial charge in [-0.25, -0.2) is 0 Å². The molecule has 0 spiro atoms. The largest absolute Gasteiger partial charge is 0.261 e. The van der Waals surface area contributed by atoms with Crippen molar-refractivity contribution in [3.63, 3.8) is 0 Å². The number of rotatable bonds is 1. The van der Waals surface area contributed by atoms with Gasteiger partial charge in [0.2, 0.25) is 0 Å². The van der Waals surface area contributed by atoms with Crippen LogP contribution in [0.15, 0.2) is 42.6 Å². The SMILES string of the molecule is Cc1ccc(-c2cccc(Cl)c2)cn1. The van der Waals surface area contributed by atoms with E-state index in [1.54, 1.807) is 0 Å². The van der Waals surface area contributed by atoms with Crippen LogP contribution in [0.4, 0.5) is 0 Å². The Labute approximate surface area is 88.4 Å². The highest BCUT2D eigenvalue weighted by atomic mass is 35.5. The van der Waals surface area contributed by atoms with Gasteiger partial charge in [0.1, 0.15) is 0 Å². The van der Waals surface area contributed by atoms with Crippen LogP contribution in [0, 0.1) is 6.92 Å². The van der Waals surface area contributed by atoms with Gasteiger partial charge in [-0.3, -0.25) is 4.98 Å². The summed E-state index contributed by atoms with van der Waals surface area (Å²) in [4.78, 5) is 4.24. The highest BCUT2D eigenvalue weighted by molar-refractivity contribution is 6.30. The Morgan fingerprint density at radius 3 is 2.57 bits per heavy atom. The first-order valence-corrected chi connectivity index (χ1v) is 4.82. The first-order chi connectivity index (χ1) is 6.75. The van der Waals surface area contributed by atoms with Crippen molar-refractivity contribution < 1.29 is 0 Å². The second-order valence-corrected chi connectivity index (χ2v) is 3.64. The minimum atomic E-state index is 0.753. The Kier molecular flexibility index (Phi) is 2.51. The molecule has 1 aromatic heterocycles. The minimum absolute atomic E-state index is 0.753. The van der Waals surface area contributed by atoms with Crippen molar-refractivity contribution in [2.24, 2.45) is 0 Å². The Morgan fingerprint density at radius 1 is 1.07 bits per heavy atom. The number of halogens is 1. The monoisotopic (exact) mass is 203 g/mol. The number of aryl methyl sites for hydroxylation is 1. The summed E-state index contributed by atoms with van der Waals surface area (Å²) in [6.45, 7) is 1.97. The molecular weight excluding hydrogens is 194 g/mol. The van der Waals surface area contributed by atoms with Gasteiger partial charge in [-0.05, 0) is 30.7 Å². The van der Waals surface area contributed by atoms with Crippen molar-refractivity contribution in [3.8, 4) is 11.1 Å². The van der Waals surface area contributed by atoms with E-state index < -0.39 is 0 Å². The Hall–Kier alpha value is -1.34. The molecule has 0 amide bonds. The van der Waals surface area contributed by atoms with E-state index in [2.05, 4.69) is 4.98 Å². The number of hydrogen-bond donors (Lipinski definition) is 0. The number of pyridine rings is 1. The van der Waals surface area contributed by atoms with Crippen molar-refractivity contribution in [3.05, 3.63) is 53.3 Å². The molecule has 0 N–H and O–H groups in total. The molecule has 0 aliphatic heterocycles. The summed E-state index contributed by atoms with van der Waals surface area (Å²) < 4.78 is 0. The standard InChI is InChI=1S/C12H10ClN/c1-9-5-6-11(8-14-9)10-3-2-4-12(13)7-10/h2-8H,1H3. The lowest BCUT2D eigenvalue weighted by molar-refractivity contribution is 1.20. The molecule has 0 fully saturated rings. The summed E-state index contributed by atoms with van der Waals surface area (Å²) in [5.74, 6) is 0. The molecule has 0 saturated carbocycles. The Balaban J connectivity index is 2.44. The maximum Gasteiger partial charge on any atom is 0.0412 e. The summed E-state index contributed by atoms with van der Waals surface area (Å²) in [5, 5.41) is 0.753. The van der Waals surface area contributed by atoms with Gasteiger partial charge in [-0.1, -0.05) is 29.8 Å². The second kappa shape index (κ2) is 3.81. The van der Waals surface area contributed by atoms with Crippen LogP contribution in [-0.4, -0.2) is 4.98 Å². The lowest BCUT2D eigenvalue weighted by atomic mass is 10.1. The average molecular weight is 204 g/mol. The summed E-state index contributed by atoms with van der Waals surface area (Å²) >= 11 is 5.91. The zero-order chi connectivity index (χ0) is 9.97. The Bertz CT molecular complexity index is 434. The Morgan fingerprint density at radius 2 is 1.93 bits per heavy atom. The third-order valence-electron chi connectivity index (χ3n) is 2.07. The highest BCUT2D eigenvalue weighted by Crippen LogP contribution is 2.21. The molecule has 0 bridgehead atoms. The maximum absolute atomic E-state index is 5.91. The van der Waals surface area contributed by atoms with Gasteiger partial charge in [0, 0.05) is 22.5 Å². The van der Waals surface area contributed by atoms with E-state index in [1.807, 2.05) is 49.5 Å². The predicted molar refractivity (Wildman–Crippen MR) is 59.4 cm³/mol. The fourth-order valence-electron chi connectivity index (χ4n) is 1.31. The summed E-state index contributed by atoms with van der Waals surface area (Å²) in [7, 11) is 0. The summed E-state index contributed by atoms with van der Waals surface area (Å²) in [5.41, 5.74) is 3.22. The van der Waals surface area contributed by atoms with E-state index in [1.165, 1.54) is 0 Å². The summed E-state index contributed by atoms with van der Waals surface area (Å²) in [6, 6.07) is 11.8. The van der Waals surface area contributed by atoms with Crippen molar-refractivity contribution in [1.82, 2.24) is 4.98 Å². The minimum Gasteiger partial charge on any atom is -0.261 e. The van der Waals surface area contributed by atoms with E-state index in [-0.39, 0.29) is 0 Å². The van der Waals surface area contributed by atoms with Crippen LogP contribution in [0.5, 0.6) is 0 Å². The van der Waals surface area contributed by atoms with Gasteiger partial charge in [-0.15, -0.1) is 0 Å². The lowest BCUT2D eigenvalue weighted by Crippen LogP contribution is -1.82. The van der Waals surface area contributed by atoms with Crippen molar-refractivity contribution in [2.45, 2.75) is 6.92 Å². The maximum atomic E-state index is 5.91. The number of nitrogens with zero attached hydrogens (tertiary/aromatic N) is 1. The third kappa shape index (κ3) is 1.94. The third-order valence-corrected chi connectivity index (χ3v) is 2.30. The molecule has 1 heterocycles. The molecule has 0 saturated heterocycles. The van der Waals surface area contributed by atoms with Gasteiger partial charge >= 0.3 is 0 Å². The average Bonchev–Trinajstić information content (AvgIpc) is 2.19. The molecule has 70 valence electrons. The van der Waals surface area contributed by atoms with Crippen molar-refractivity contribution in [1.29, 1.82) is 0 Å². The smallest absolute Gasteiger partial charge is 0.0412 e. The molecule has 0 atom stereocenters. The van der Waals surface area contributed by atoms with Gasteiger partial charge in [0.25, 0.3) is 0 Å². The van der Waals surface area contributed by atoms with Crippen LogP contribution in [0.25, 0.3) is 11.1 Å². The molecule has 1 aromatic carbocycles. The topological polar surface area (TPSA) is 12.9 Å². The van der Waals surface area contributed by atoms with Gasteiger partial charge in [0.15, 0.2) is 0 Å². The van der Waals surface area contributed by atoms with E-state index >= 15 is 0 Å². The van der Waals surface area contributed by atoms with Crippen LogP contribution in [0.2, 0.25) is 5.02 Å². The van der Waals surface area contributed by atoms with Crippen LogP contribution in [0.3, 0.4) is 0 Å². The van der Waals surface area contributed by atoms with Crippen LogP contribution < -0.4 is 0 Å². The van der Waals surface area contributed by atoms with Crippen molar-refractivity contribution >= 4 is 11.6 Å². The van der Waals surface area contributed by atoms with Crippen LogP contribution in [-0.2, 0) is 0 Å². The number of hydrogen-bond acceptors (Lipinski definition) is 1. The lowest BCUT2D eigenvalue weighted by Gasteiger charge is -2.01. The first-order valence-electron chi connectivity index (χ1n) is 4.44. The van der Waals surface area contributed by atoms with Gasteiger partial charge in [0.05, 0.1) is 0 Å². The van der Waals surface area contributed by atoms with Crippen LogP contribution >= 0.6 is 11.6 Å². The van der Waals surface area contributed by atoms with Gasteiger partial charge in [-0.2, -0.15) is 0 Å². The van der Waals surface area contributed by atoms with E-state index in [0.717, 1.165) is 21.8 Å². The molecule has 0 aliphatic rings. The molecule has 1 nitrogen and oxygen atoms in total. The van der Waals surface area contributed by atoms with Crippen molar-refractivity contribution in [2.75, 3.05) is 0 Å². The normalized spacial score (nSPS) is 10.1. The predicted octanol–water partition coefficient (Wildman–Crippen LogP) is 3.71. The zero-order valence-corrected chi connectivity index (χ0v) is 8.62. The molecular formula is C12H10ClN. The molecule has 2 aromatic rings. The first kappa shape index (κ1) is 9.22. The van der Waals surface area contributed by atoms with E-state index in [4.69, 9.17) is 11.6 Å². The van der Waals surface area contributed by atoms with Crippen LogP contribution in [0.1, 0.15) is 5.69 Å². The zero-order valence-electron chi connectivity index (χ0n) is 7.87. The molecule has 14 heavy (non-hydrogen) atoms. The fourth-order valence-corrected chi connectivity index (χ4v) is 1.50. The quantitative estimate of drug-likeness (QED) is 0.689. The second-order valence-electron chi connectivity index (χ2n) is 3.20. The fraction of sp³-hybridized carbons (Fsp3) is 0.0833. The van der Waals surface area contributed by atoms with Gasteiger partial charge < -0.3 is 0 Å². The van der Waals surface area contributed by atoms with E-state index in [9.17, 15) is 0 Å².